The molecule has 2 aromatic heterocycles. The van der Waals surface area contributed by atoms with Gasteiger partial charge in [-0.2, -0.15) is 20.0 Å². The lowest BCUT2D eigenvalue weighted by Gasteiger charge is -2.01. The summed E-state index contributed by atoms with van der Waals surface area (Å²) in [6.07, 6.45) is 4.74. The highest BCUT2D eigenvalue weighted by Crippen LogP contribution is 2.29. The lowest BCUT2D eigenvalue weighted by molar-refractivity contribution is 0.0600. The summed E-state index contributed by atoms with van der Waals surface area (Å²) in [4.78, 5) is 11.5. The Balaban J connectivity index is 1.65. The molecule has 0 atom stereocenters. The molecule has 0 radical (unpaired) electrons. The minimum absolute atomic E-state index is 0.375. The molecule has 0 aliphatic heterocycles. The number of rotatable bonds is 4. The maximum Gasteiger partial charge on any atom is 0.337 e. The molecule has 0 unspecified atom stereocenters. The van der Waals surface area contributed by atoms with Gasteiger partial charge in [-0.05, 0) is 49.2 Å². The van der Waals surface area contributed by atoms with E-state index in [4.69, 9.17) is 17.0 Å². The molecule has 8 nitrogen and oxygen atoms in total. The van der Waals surface area contributed by atoms with Gasteiger partial charge in [0.05, 0.1) is 18.9 Å². The van der Waals surface area contributed by atoms with Crippen LogP contribution in [-0.4, -0.2) is 44.4 Å². The van der Waals surface area contributed by atoms with Gasteiger partial charge in [-0.25, -0.2) is 9.89 Å². The number of ether oxygens (including phenoxy) is 1. The van der Waals surface area contributed by atoms with E-state index in [-0.39, 0.29) is 5.97 Å². The van der Waals surface area contributed by atoms with Crippen molar-refractivity contribution in [3.63, 3.8) is 0 Å². The zero-order valence-corrected chi connectivity index (χ0v) is 14.8. The van der Waals surface area contributed by atoms with Gasteiger partial charge in [-0.15, -0.1) is 0 Å². The number of aromatic amines is 2. The fraction of sp³-hybridized carbons (Fsp3) is 0.235. The molecule has 0 spiro atoms. The zero-order valence-electron chi connectivity index (χ0n) is 14.0. The lowest BCUT2D eigenvalue weighted by atomic mass is 10.1. The molecule has 0 saturated carbocycles. The van der Waals surface area contributed by atoms with Crippen LogP contribution in [-0.2, 0) is 17.6 Å². The molecule has 9 heteroatoms. The first-order valence-corrected chi connectivity index (χ1v) is 8.55. The second kappa shape index (κ2) is 6.68. The molecule has 0 amide bonds. The average Bonchev–Trinajstić information content (AvgIpc) is 3.36. The molecule has 0 fully saturated rings. The Hall–Kier alpha value is -3.07. The van der Waals surface area contributed by atoms with E-state index in [1.165, 1.54) is 12.7 Å². The number of carbonyl (C=O) groups is 1. The van der Waals surface area contributed by atoms with Crippen molar-refractivity contribution in [1.29, 1.82) is 0 Å². The summed E-state index contributed by atoms with van der Waals surface area (Å²) in [6, 6.07) is 6.93. The molecular formula is C17H16N6O2S. The van der Waals surface area contributed by atoms with Crippen LogP contribution in [0.2, 0.25) is 0 Å². The van der Waals surface area contributed by atoms with Crippen molar-refractivity contribution in [3.8, 4) is 11.5 Å². The van der Waals surface area contributed by atoms with Crippen molar-refractivity contribution in [2.24, 2.45) is 5.10 Å². The number of benzene rings is 1. The normalized spacial score (nSPS) is 13.3. The van der Waals surface area contributed by atoms with Gasteiger partial charge in [0.15, 0.2) is 0 Å². The number of aromatic nitrogens is 5. The van der Waals surface area contributed by atoms with Crippen LogP contribution in [0.5, 0.6) is 0 Å². The lowest BCUT2D eigenvalue weighted by Crippen LogP contribution is -2.01. The number of fused-ring (bicyclic) bond motifs is 1. The van der Waals surface area contributed by atoms with Crippen LogP contribution < -0.4 is 0 Å². The summed E-state index contributed by atoms with van der Waals surface area (Å²) >= 11 is 5.29. The van der Waals surface area contributed by atoms with Crippen molar-refractivity contribution < 1.29 is 9.53 Å². The first kappa shape index (κ1) is 16.4. The van der Waals surface area contributed by atoms with Gasteiger partial charge >= 0.3 is 5.97 Å². The van der Waals surface area contributed by atoms with E-state index in [0.29, 0.717) is 16.2 Å². The average molecular weight is 368 g/mol. The number of carbonyl (C=O) groups excluding carboxylic acids is 1. The molecule has 1 aromatic carbocycles. The molecule has 132 valence electrons. The first-order valence-electron chi connectivity index (χ1n) is 8.14. The Bertz CT molecular complexity index is 1040. The largest absolute Gasteiger partial charge is 0.465 e. The van der Waals surface area contributed by atoms with E-state index in [0.717, 1.165) is 36.2 Å². The molecular weight excluding hydrogens is 352 g/mol. The number of hydrogen-bond acceptors (Lipinski definition) is 6. The van der Waals surface area contributed by atoms with E-state index in [1.54, 1.807) is 35.2 Å². The minimum atomic E-state index is -0.375. The fourth-order valence-corrected chi connectivity index (χ4v) is 3.18. The summed E-state index contributed by atoms with van der Waals surface area (Å²) in [6.45, 7) is 0. The predicted molar refractivity (Wildman–Crippen MR) is 97.8 cm³/mol. The summed E-state index contributed by atoms with van der Waals surface area (Å²) in [5.74, 6) is 0.206. The number of nitrogens with one attached hydrogen (secondary N) is 2. The Morgan fingerprint density at radius 1 is 1.27 bits per heavy atom. The number of nitrogens with zero attached hydrogens (tertiary/aromatic N) is 4. The van der Waals surface area contributed by atoms with Crippen molar-refractivity contribution in [2.75, 3.05) is 7.11 Å². The Kier molecular flexibility index (Phi) is 4.21. The van der Waals surface area contributed by atoms with Crippen LogP contribution in [0.15, 0.2) is 29.4 Å². The van der Waals surface area contributed by atoms with E-state index in [1.807, 2.05) is 0 Å². The SMILES string of the molecule is COC(=O)c1ccc(/C=N\n2c(-c3n[nH]c4c3CCC4)n[nH]c2=S)cc1. The molecule has 26 heavy (non-hydrogen) atoms. The summed E-state index contributed by atoms with van der Waals surface area (Å²) < 4.78 is 6.63. The van der Waals surface area contributed by atoms with Crippen LogP contribution in [0.1, 0.15) is 33.6 Å². The fourth-order valence-electron chi connectivity index (χ4n) is 3.00. The molecule has 4 rings (SSSR count). The Labute approximate surface area is 153 Å². The van der Waals surface area contributed by atoms with Gasteiger partial charge in [0.2, 0.25) is 10.6 Å². The third-order valence-electron chi connectivity index (χ3n) is 4.32. The Morgan fingerprint density at radius 3 is 2.85 bits per heavy atom. The molecule has 3 aromatic rings. The van der Waals surface area contributed by atoms with Gasteiger partial charge in [-0.3, -0.25) is 5.10 Å². The van der Waals surface area contributed by atoms with Gasteiger partial charge in [0.25, 0.3) is 0 Å². The summed E-state index contributed by atoms with van der Waals surface area (Å²) in [7, 11) is 1.35. The highest BCUT2D eigenvalue weighted by atomic mass is 32.1. The molecule has 2 heterocycles. The minimum Gasteiger partial charge on any atom is -0.465 e. The molecule has 2 N–H and O–H groups in total. The monoisotopic (exact) mass is 368 g/mol. The zero-order chi connectivity index (χ0) is 18.1. The smallest absolute Gasteiger partial charge is 0.337 e. The second-order valence-electron chi connectivity index (χ2n) is 5.91. The highest BCUT2D eigenvalue weighted by molar-refractivity contribution is 7.71. The van der Waals surface area contributed by atoms with Gasteiger partial charge < -0.3 is 4.74 Å². The van der Waals surface area contributed by atoms with Crippen LogP contribution >= 0.6 is 12.2 Å². The number of H-pyrrole nitrogens is 2. The van der Waals surface area contributed by atoms with E-state index < -0.39 is 0 Å². The summed E-state index contributed by atoms with van der Waals surface area (Å²) in [5.41, 5.74) is 4.42. The predicted octanol–water partition coefficient (Wildman–Crippen LogP) is 2.49. The van der Waals surface area contributed by atoms with Crippen molar-refractivity contribution in [3.05, 3.63) is 51.4 Å². The molecule has 0 saturated heterocycles. The van der Waals surface area contributed by atoms with Crippen molar-refractivity contribution >= 4 is 24.4 Å². The molecule has 1 aliphatic carbocycles. The second-order valence-corrected chi connectivity index (χ2v) is 6.29. The van der Waals surface area contributed by atoms with Gasteiger partial charge in [-0.1, -0.05) is 12.1 Å². The van der Waals surface area contributed by atoms with Crippen LogP contribution in [0.4, 0.5) is 0 Å². The number of methoxy groups -OCH3 is 1. The maximum atomic E-state index is 11.5. The third kappa shape index (κ3) is 2.86. The van der Waals surface area contributed by atoms with E-state index >= 15 is 0 Å². The first-order chi connectivity index (χ1) is 12.7. The maximum absolute atomic E-state index is 11.5. The van der Waals surface area contributed by atoms with Crippen LogP contribution in [0, 0.1) is 4.77 Å². The summed E-state index contributed by atoms with van der Waals surface area (Å²) in [5, 5.41) is 18.9. The molecule has 0 bridgehead atoms. The molecule has 1 aliphatic rings. The Morgan fingerprint density at radius 2 is 2.08 bits per heavy atom. The topological polar surface area (TPSA) is 101 Å². The third-order valence-corrected chi connectivity index (χ3v) is 4.59. The van der Waals surface area contributed by atoms with Crippen LogP contribution in [0.3, 0.4) is 0 Å². The van der Waals surface area contributed by atoms with E-state index in [2.05, 4.69) is 25.5 Å². The van der Waals surface area contributed by atoms with Crippen LogP contribution in [0.25, 0.3) is 11.5 Å². The number of esters is 1. The highest BCUT2D eigenvalue weighted by Gasteiger charge is 2.23. The van der Waals surface area contributed by atoms with Gasteiger partial charge in [0.1, 0.15) is 5.69 Å². The number of hydrogen-bond donors (Lipinski definition) is 2. The van der Waals surface area contributed by atoms with Gasteiger partial charge in [0, 0.05) is 11.3 Å². The standard InChI is InChI=1S/C17H16N6O2S/c1-25-16(24)11-7-5-10(6-8-11)9-18-23-15(21-22-17(23)26)14-12-3-2-4-13(12)19-20-14/h5-9H,2-4H2,1H3,(H,19,20)(H,22,26)/b18-9-. The quantitative estimate of drug-likeness (QED) is 0.419. The van der Waals surface area contributed by atoms with E-state index in [9.17, 15) is 4.79 Å². The van der Waals surface area contributed by atoms with Crippen molar-refractivity contribution in [1.82, 2.24) is 25.1 Å². The number of aryl methyl sites for hydroxylation is 1. The van der Waals surface area contributed by atoms with Crippen molar-refractivity contribution in [2.45, 2.75) is 19.3 Å².